The van der Waals surface area contributed by atoms with Crippen LogP contribution >= 0.6 is 0 Å². The van der Waals surface area contributed by atoms with Crippen LogP contribution in [0.25, 0.3) is 61.7 Å². The molecule has 0 radical (unpaired) electrons. The molecule has 3 heteroatoms. The molecule has 7 aromatic rings. The summed E-state index contributed by atoms with van der Waals surface area (Å²) in [5.41, 5.74) is 13.7. The van der Waals surface area contributed by atoms with E-state index in [2.05, 4.69) is 115 Å². The Bertz CT molecular complexity index is 2020. The minimum atomic E-state index is -0.0784. The van der Waals surface area contributed by atoms with Gasteiger partial charge in [-0.25, -0.2) is 0 Å². The fourth-order valence-corrected chi connectivity index (χ4v) is 6.29. The molecule has 1 aliphatic carbocycles. The van der Waals surface area contributed by atoms with E-state index in [1.165, 1.54) is 33.4 Å². The largest absolute Gasteiger partial charge is 0.423 e. The molecule has 5 aromatic carbocycles. The molecular formula is C36H26N2O. The van der Waals surface area contributed by atoms with Crippen LogP contribution in [0.3, 0.4) is 0 Å². The lowest BCUT2D eigenvalue weighted by atomic mass is 9.82. The van der Waals surface area contributed by atoms with Crippen molar-refractivity contribution in [3.63, 3.8) is 0 Å². The van der Waals surface area contributed by atoms with Gasteiger partial charge in [0.2, 0.25) is 0 Å². The summed E-state index contributed by atoms with van der Waals surface area (Å²) in [6.07, 6.45) is 0. The third-order valence-electron chi connectivity index (χ3n) is 8.28. The molecule has 0 amide bonds. The monoisotopic (exact) mass is 502 g/mol. The zero-order valence-corrected chi connectivity index (χ0v) is 21.8. The molecule has 8 rings (SSSR count). The topological polar surface area (TPSA) is 30.4 Å². The van der Waals surface area contributed by atoms with Crippen molar-refractivity contribution < 1.29 is 4.42 Å². The van der Waals surface area contributed by atoms with Gasteiger partial charge in [-0.15, -0.1) is 0 Å². The predicted octanol–water partition coefficient (Wildman–Crippen LogP) is 9.39. The number of hydrogen-bond donors (Lipinski definition) is 0. The van der Waals surface area contributed by atoms with Gasteiger partial charge in [0.05, 0.1) is 11.2 Å². The third-order valence-corrected chi connectivity index (χ3v) is 8.28. The van der Waals surface area contributed by atoms with E-state index in [4.69, 9.17) is 9.40 Å². The maximum absolute atomic E-state index is 6.25. The van der Waals surface area contributed by atoms with E-state index < -0.39 is 0 Å². The summed E-state index contributed by atoms with van der Waals surface area (Å²) < 4.78 is 8.41. The first-order valence-electron chi connectivity index (χ1n) is 13.4. The second kappa shape index (κ2) is 8.05. The van der Waals surface area contributed by atoms with Gasteiger partial charge in [-0.1, -0.05) is 117 Å². The number of rotatable bonds is 3. The van der Waals surface area contributed by atoms with E-state index in [9.17, 15) is 0 Å². The van der Waals surface area contributed by atoms with Crippen LogP contribution in [0.15, 0.2) is 126 Å². The normalized spacial score (nSPS) is 13.6. The highest BCUT2D eigenvalue weighted by Crippen LogP contribution is 2.50. The molecule has 0 fully saturated rings. The van der Waals surface area contributed by atoms with Crippen molar-refractivity contribution in [2.24, 2.45) is 0 Å². The Hall–Kier alpha value is -4.89. The van der Waals surface area contributed by atoms with Gasteiger partial charge >= 0.3 is 5.84 Å². The summed E-state index contributed by atoms with van der Waals surface area (Å²) in [6.45, 7) is 4.63. The van der Waals surface area contributed by atoms with Crippen molar-refractivity contribution in [1.29, 1.82) is 0 Å². The quantitative estimate of drug-likeness (QED) is 0.241. The van der Waals surface area contributed by atoms with E-state index in [-0.39, 0.29) is 5.41 Å². The van der Waals surface area contributed by atoms with E-state index in [0.717, 1.165) is 33.6 Å². The highest BCUT2D eigenvalue weighted by atomic mass is 16.4. The Kier molecular flexibility index (Phi) is 4.57. The zero-order valence-electron chi connectivity index (χ0n) is 21.8. The fourth-order valence-electron chi connectivity index (χ4n) is 6.29. The van der Waals surface area contributed by atoms with Crippen molar-refractivity contribution in [3.05, 3.63) is 132 Å². The molecule has 0 saturated heterocycles. The molecule has 0 bridgehead atoms. The van der Waals surface area contributed by atoms with Crippen LogP contribution in [0.5, 0.6) is 0 Å². The van der Waals surface area contributed by atoms with E-state index in [0.29, 0.717) is 5.84 Å². The van der Waals surface area contributed by atoms with Gasteiger partial charge in [0, 0.05) is 16.5 Å². The van der Waals surface area contributed by atoms with Crippen molar-refractivity contribution >= 4 is 16.9 Å². The second-order valence-corrected chi connectivity index (χ2v) is 10.9. The predicted molar refractivity (Wildman–Crippen MR) is 159 cm³/mol. The van der Waals surface area contributed by atoms with Gasteiger partial charge in [0.15, 0.2) is 5.58 Å². The lowest BCUT2D eigenvalue weighted by Gasteiger charge is -2.21. The lowest BCUT2D eigenvalue weighted by Crippen LogP contribution is -2.14. The van der Waals surface area contributed by atoms with Crippen LogP contribution in [0.4, 0.5) is 0 Å². The highest BCUT2D eigenvalue weighted by Gasteiger charge is 2.35. The first-order valence-corrected chi connectivity index (χ1v) is 13.4. The van der Waals surface area contributed by atoms with Gasteiger partial charge in [0.25, 0.3) is 0 Å². The Balaban J connectivity index is 1.35. The average Bonchev–Trinajstić information content (AvgIpc) is 3.60. The Labute approximate surface area is 227 Å². The van der Waals surface area contributed by atoms with Crippen molar-refractivity contribution in [3.8, 4) is 44.8 Å². The molecule has 2 aromatic heterocycles. The van der Waals surface area contributed by atoms with E-state index >= 15 is 0 Å². The van der Waals surface area contributed by atoms with Gasteiger partial charge in [-0.05, 0) is 51.6 Å². The number of imidazole rings is 1. The summed E-state index contributed by atoms with van der Waals surface area (Å²) in [6, 6.07) is 43.0. The SMILES string of the molecule is CC1(C)c2ccccc2-c2ccc(-c3nc4oc5ccccc5n4c3-c3ccc(-c4ccccc4)cc3)cc21. The van der Waals surface area contributed by atoms with Gasteiger partial charge < -0.3 is 4.42 Å². The van der Waals surface area contributed by atoms with Crippen LogP contribution in [0, 0.1) is 0 Å². The van der Waals surface area contributed by atoms with Crippen molar-refractivity contribution in [2.75, 3.05) is 0 Å². The maximum atomic E-state index is 6.25. The molecule has 0 saturated carbocycles. The molecule has 0 unspecified atom stereocenters. The lowest BCUT2D eigenvalue weighted by molar-refractivity contribution is 0.642. The smallest absolute Gasteiger partial charge is 0.307 e. The molecule has 0 N–H and O–H groups in total. The highest BCUT2D eigenvalue weighted by molar-refractivity contribution is 5.90. The zero-order chi connectivity index (χ0) is 26.1. The van der Waals surface area contributed by atoms with Gasteiger partial charge in [0.1, 0.15) is 5.69 Å². The van der Waals surface area contributed by atoms with Crippen LogP contribution in [-0.2, 0) is 5.41 Å². The summed E-state index contributed by atoms with van der Waals surface area (Å²) in [5.74, 6) is 0.608. The molecule has 39 heavy (non-hydrogen) atoms. The number of para-hydroxylation sites is 2. The average molecular weight is 503 g/mol. The van der Waals surface area contributed by atoms with Crippen LogP contribution in [0.1, 0.15) is 25.0 Å². The Morgan fingerprint density at radius 1 is 0.590 bits per heavy atom. The summed E-state index contributed by atoms with van der Waals surface area (Å²) in [7, 11) is 0. The Morgan fingerprint density at radius 2 is 1.23 bits per heavy atom. The molecule has 1 aliphatic rings. The minimum absolute atomic E-state index is 0.0784. The van der Waals surface area contributed by atoms with Gasteiger partial charge in [-0.2, -0.15) is 4.98 Å². The summed E-state index contributed by atoms with van der Waals surface area (Å²) in [5, 5.41) is 0. The number of fused-ring (bicyclic) bond motifs is 6. The van der Waals surface area contributed by atoms with Crippen molar-refractivity contribution in [2.45, 2.75) is 19.3 Å². The number of benzene rings is 5. The first-order chi connectivity index (χ1) is 19.1. The Morgan fingerprint density at radius 3 is 2.08 bits per heavy atom. The molecular weight excluding hydrogens is 476 g/mol. The number of oxazole rings is 1. The standard InChI is InChI=1S/C36H26N2O/c1-36(2)29-13-7-6-12-27(29)28-21-20-26(22-30(28)36)33-34(38-31-14-8-9-15-32(31)39-35(38)37-33)25-18-16-24(17-19-25)23-10-4-3-5-11-23/h3-22H,1-2H3. The minimum Gasteiger partial charge on any atom is -0.423 e. The number of hydrogen-bond acceptors (Lipinski definition) is 2. The maximum Gasteiger partial charge on any atom is 0.307 e. The summed E-state index contributed by atoms with van der Waals surface area (Å²) in [4.78, 5) is 5.10. The van der Waals surface area contributed by atoms with Crippen LogP contribution < -0.4 is 0 Å². The molecule has 0 aliphatic heterocycles. The third kappa shape index (κ3) is 3.20. The molecule has 2 heterocycles. The van der Waals surface area contributed by atoms with Crippen LogP contribution in [0.2, 0.25) is 0 Å². The number of aromatic nitrogens is 2. The molecule has 186 valence electrons. The van der Waals surface area contributed by atoms with E-state index in [1.54, 1.807) is 0 Å². The van der Waals surface area contributed by atoms with Crippen molar-refractivity contribution in [1.82, 2.24) is 9.38 Å². The fraction of sp³-hybridized carbons (Fsp3) is 0.0833. The number of nitrogens with zero attached hydrogens (tertiary/aromatic N) is 2. The van der Waals surface area contributed by atoms with Crippen LogP contribution in [-0.4, -0.2) is 9.38 Å². The summed E-state index contributed by atoms with van der Waals surface area (Å²) >= 11 is 0. The molecule has 3 nitrogen and oxygen atoms in total. The molecule has 0 atom stereocenters. The first kappa shape index (κ1) is 22.1. The second-order valence-electron chi connectivity index (χ2n) is 10.9. The molecule has 0 spiro atoms. The van der Waals surface area contributed by atoms with Gasteiger partial charge in [-0.3, -0.25) is 4.40 Å². The van der Waals surface area contributed by atoms with E-state index in [1.807, 2.05) is 24.3 Å².